The van der Waals surface area contributed by atoms with Gasteiger partial charge in [-0.15, -0.1) is 0 Å². The number of piperidine rings is 1. The fraction of sp³-hybridized carbons (Fsp3) is 0.259. The molecule has 1 aliphatic rings. The van der Waals surface area contributed by atoms with Crippen molar-refractivity contribution < 1.29 is 9.72 Å². The number of likely N-dealkylation sites (tertiary alicyclic amines) is 1. The monoisotopic (exact) mass is 469 g/mol. The zero-order chi connectivity index (χ0) is 24.4. The van der Waals surface area contributed by atoms with E-state index >= 15 is 0 Å². The molecule has 3 heterocycles. The van der Waals surface area contributed by atoms with Gasteiger partial charge in [-0.05, 0) is 61.6 Å². The average Bonchev–Trinajstić information content (AvgIpc) is 3.33. The number of anilines is 1. The number of H-pyrrole nitrogens is 1. The second-order valence-electron chi connectivity index (χ2n) is 8.97. The van der Waals surface area contributed by atoms with Crippen molar-refractivity contribution in [2.75, 3.05) is 18.4 Å². The maximum Gasteiger partial charge on any atom is 0.293 e. The van der Waals surface area contributed by atoms with Gasteiger partial charge in [0, 0.05) is 48.0 Å². The molecule has 4 aromatic rings. The maximum atomic E-state index is 13.2. The quantitative estimate of drug-likeness (QED) is 0.280. The van der Waals surface area contributed by atoms with Crippen LogP contribution in [0.15, 0.2) is 73.1 Å². The van der Waals surface area contributed by atoms with Gasteiger partial charge in [0.2, 0.25) is 0 Å². The van der Waals surface area contributed by atoms with Crippen LogP contribution in [0.5, 0.6) is 0 Å². The molecule has 0 spiro atoms. The third-order valence-electron chi connectivity index (χ3n) is 6.79. The zero-order valence-electron chi connectivity index (χ0n) is 19.5. The Labute approximate surface area is 203 Å². The van der Waals surface area contributed by atoms with Gasteiger partial charge in [0.05, 0.1) is 16.7 Å². The standard InChI is InChI=1S/C27H27N5O3/c1-18(23-7-4-5-13-28-23)30-25-10-9-20(16-26(25)32(34)35)27(33)31-14-11-19(12-15-31)22-17-29-24-8-3-2-6-21(22)24/h2-10,13,16-19,29-30H,11-12,14-15H2,1H3. The Kier molecular flexibility index (Phi) is 6.18. The fourth-order valence-corrected chi connectivity index (χ4v) is 4.88. The number of para-hydroxylation sites is 1. The largest absolute Gasteiger partial charge is 0.371 e. The number of aromatic amines is 1. The maximum absolute atomic E-state index is 13.2. The summed E-state index contributed by atoms with van der Waals surface area (Å²) in [5.74, 6) is 0.207. The smallest absolute Gasteiger partial charge is 0.293 e. The summed E-state index contributed by atoms with van der Waals surface area (Å²) in [5, 5.41) is 16.2. The second-order valence-corrected chi connectivity index (χ2v) is 8.97. The lowest BCUT2D eigenvalue weighted by molar-refractivity contribution is -0.384. The van der Waals surface area contributed by atoms with Crippen molar-refractivity contribution in [2.24, 2.45) is 0 Å². The lowest BCUT2D eigenvalue weighted by Crippen LogP contribution is -2.37. The molecule has 0 radical (unpaired) electrons. The van der Waals surface area contributed by atoms with Crippen LogP contribution in [0.3, 0.4) is 0 Å². The number of fused-ring (bicyclic) bond motifs is 1. The first-order valence-electron chi connectivity index (χ1n) is 11.8. The Balaban J connectivity index is 1.29. The predicted molar refractivity (Wildman–Crippen MR) is 136 cm³/mol. The molecule has 8 heteroatoms. The van der Waals surface area contributed by atoms with Crippen LogP contribution in [0.4, 0.5) is 11.4 Å². The minimum Gasteiger partial charge on any atom is -0.371 e. The third-order valence-corrected chi connectivity index (χ3v) is 6.79. The molecular formula is C27H27N5O3. The molecule has 1 amide bonds. The molecule has 2 N–H and O–H groups in total. The predicted octanol–water partition coefficient (Wildman–Crippen LogP) is 5.66. The molecule has 178 valence electrons. The molecule has 1 unspecified atom stereocenters. The van der Waals surface area contributed by atoms with Crippen LogP contribution in [0, 0.1) is 10.1 Å². The number of carbonyl (C=O) groups excluding carboxylic acids is 1. The van der Waals surface area contributed by atoms with Crippen molar-refractivity contribution >= 4 is 28.2 Å². The number of nitrogens with one attached hydrogen (secondary N) is 2. The summed E-state index contributed by atoms with van der Waals surface area (Å²) in [6.45, 7) is 3.13. The number of nitro groups is 1. The minimum absolute atomic E-state index is 0.118. The van der Waals surface area contributed by atoms with Crippen molar-refractivity contribution in [3.63, 3.8) is 0 Å². The first-order valence-corrected chi connectivity index (χ1v) is 11.8. The molecule has 1 saturated heterocycles. The molecule has 1 fully saturated rings. The molecule has 0 bridgehead atoms. The summed E-state index contributed by atoms with van der Waals surface area (Å²) in [7, 11) is 0. The van der Waals surface area contributed by atoms with Crippen LogP contribution >= 0.6 is 0 Å². The molecule has 5 rings (SSSR count). The van der Waals surface area contributed by atoms with Gasteiger partial charge in [-0.3, -0.25) is 19.9 Å². The Morgan fingerprint density at radius 2 is 1.91 bits per heavy atom. The molecule has 35 heavy (non-hydrogen) atoms. The number of pyridine rings is 1. The Morgan fingerprint density at radius 1 is 1.14 bits per heavy atom. The highest BCUT2D eigenvalue weighted by atomic mass is 16.6. The van der Waals surface area contributed by atoms with Crippen LogP contribution in [0.25, 0.3) is 10.9 Å². The van der Waals surface area contributed by atoms with E-state index in [2.05, 4.69) is 33.6 Å². The molecule has 1 atom stereocenters. The van der Waals surface area contributed by atoms with E-state index in [0.717, 1.165) is 24.1 Å². The SMILES string of the molecule is CC(Nc1ccc(C(=O)N2CCC(c3c[nH]c4ccccc34)CC2)cc1[N+](=O)[O-])c1ccccn1. The Bertz CT molecular complexity index is 1360. The van der Waals surface area contributed by atoms with Crippen LogP contribution in [-0.4, -0.2) is 38.8 Å². The number of carbonyl (C=O) groups is 1. The van der Waals surface area contributed by atoms with Crippen molar-refractivity contribution in [3.05, 3.63) is 100.0 Å². The van der Waals surface area contributed by atoms with Crippen LogP contribution < -0.4 is 5.32 Å². The first-order chi connectivity index (χ1) is 17.0. The van der Waals surface area contributed by atoms with Gasteiger partial charge in [0.25, 0.3) is 11.6 Å². The lowest BCUT2D eigenvalue weighted by atomic mass is 9.89. The Morgan fingerprint density at radius 3 is 2.66 bits per heavy atom. The van der Waals surface area contributed by atoms with E-state index in [0.29, 0.717) is 30.3 Å². The van der Waals surface area contributed by atoms with Gasteiger partial charge in [-0.25, -0.2) is 0 Å². The van der Waals surface area contributed by atoms with Crippen molar-refractivity contribution in [1.29, 1.82) is 0 Å². The van der Waals surface area contributed by atoms with Crippen LogP contribution in [-0.2, 0) is 0 Å². The van der Waals surface area contributed by atoms with Crippen molar-refractivity contribution in [2.45, 2.75) is 31.7 Å². The molecule has 2 aromatic carbocycles. The lowest BCUT2D eigenvalue weighted by Gasteiger charge is -2.32. The number of nitrogens with zero attached hydrogens (tertiary/aromatic N) is 3. The van der Waals surface area contributed by atoms with Crippen molar-refractivity contribution in [3.8, 4) is 0 Å². The summed E-state index contributed by atoms with van der Waals surface area (Å²) in [6, 6.07) is 18.2. The van der Waals surface area contributed by atoms with E-state index in [1.54, 1.807) is 23.2 Å². The highest BCUT2D eigenvalue weighted by molar-refractivity contribution is 5.96. The van der Waals surface area contributed by atoms with E-state index in [-0.39, 0.29) is 17.6 Å². The topological polar surface area (TPSA) is 104 Å². The van der Waals surface area contributed by atoms with E-state index < -0.39 is 4.92 Å². The van der Waals surface area contributed by atoms with Gasteiger partial charge in [-0.1, -0.05) is 24.3 Å². The minimum atomic E-state index is -0.451. The number of benzene rings is 2. The Hall–Kier alpha value is -4.20. The number of nitro benzene ring substituents is 1. The zero-order valence-corrected chi connectivity index (χ0v) is 19.5. The van der Waals surface area contributed by atoms with Gasteiger partial charge in [0.1, 0.15) is 5.69 Å². The first kappa shape index (κ1) is 22.6. The summed E-state index contributed by atoms with van der Waals surface area (Å²) in [4.78, 5) is 34.0. The van der Waals surface area contributed by atoms with E-state index in [9.17, 15) is 14.9 Å². The highest BCUT2D eigenvalue weighted by Gasteiger charge is 2.27. The van der Waals surface area contributed by atoms with Gasteiger partial charge < -0.3 is 15.2 Å². The number of aromatic nitrogens is 2. The van der Waals surface area contributed by atoms with Crippen LogP contribution in [0.1, 0.15) is 53.3 Å². The van der Waals surface area contributed by atoms with Gasteiger partial charge in [-0.2, -0.15) is 0 Å². The average molecular weight is 470 g/mol. The van der Waals surface area contributed by atoms with Gasteiger partial charge >= 0.3 is 0 Å². The number of hydrogen-bond acceptors (Lipinski definition) is 5. The molecule has 0 saturated carbocycles. The normalized spacial score (nSPS) is 15.2. The molecule has 2 aromatic heterocycles. The van der Waals surface area contributed by atoms with Crippen molar-refractivity contribution in [1.82, 2.24) is 14.9 Å². The van der Waals surface area contributed by atoms with E-state index in [4.69, 9.17) is 0 Å². The van der Waals surface area contributed by atoms with E-state index in [1.807, 2.05) is 37.3 Å². The summed E-state index contributed by atoms with van der Waals surface area (Å²) < 4.78 is 0. The molecule has 1 aliphatic heterocycles. The third kappa shape index (κ3) is 4.59. The number of hydrogen-bond donors (Lipinski definition) is 2. The van der Waals surface area contributed by atoms with Crippen LogP contribution in [0.2, 0.25) is 0 Å². The second kappa shape index (κ2) is 9.58. The summed E-state index contributed by atoms with van der Waals surface area (Å²) >= 11 is 0. The summed E-state index contributed by atoms with van der Waals surface area (Å²) in [5.41, 5.74) is 3.77. The fourth-order valence-electron chi connectivity index (χ4n) is 4.88. The number of amides is 1. The summed E-state index contributed by atoms with van der Waals surface area (Å²) in [6.07, 6.45) is 5.48. The van der Waals surface area contributed by atoms with E-state index in [1.165, 1.54) is 17.0 Å². The number of rotatable bonds is 6. The highest BCUT2D eigenvalue weighted by Crippen LogP contribution is 2.34. The van der Waals surface area contributed by atoms with Gasteiger partial charge in [0.15, 0.2) is 0 Å². The molecule has 8 nitrogen and oxygen atoms in total. The molecule has 0 aliphatic carbocycles. The molecular weight excluding hydrogens is 442 g/mol.